The minimum Gasteiger partial charge on any atom is -0.341 e. The lowest BCUT2D eigenvalue weighted by Gasteiger charge is -2.36. The summed E-state index contributed by atoms with van der Waals surface area (Å²) in [6, 6.07) is 8.76. The molecule has 2 rings (SSSR count). The van der Waals surface area contributed by atoms with E-state index in [0.717, 1.165) is 25.1 Å². The minimum atomic E-state index is -0.467. The Morgan fingerprint density at radius 2 is 2.00 bits per heavy atom. The first-order chi connectivity index (χ1) is 10.1. The molecule has 114 valence electrons. The van der Waals surface area contributed by atoms with E-state index in [1.54, 1.807) is 0 Å². The lowest BCUT2D eigenvalue weighted by atomic mass is 9.96. The van der Waals surface area contributed by atoms with Crippen LogP contribution in [-0.2, 0) is 4.79 Å². The van der Waals surface area contributed by atoms with Gasteiger partial charge < -0.3 is 5.32 Å². The number of rotatable bonds is 3. The van der Waals surface area contributed by atoms with Gasteiger partial charge >= 0.3 is 6.03 Å². The van der Waals surface area contributed by atoms with Crippen molar-refractivity contribution < 1.29 is 9.59 Å². The van der Waals surface area contributed by atoms with Gasteiger partial charge in [-0.15, -0.1) is 0 Å². The van der Waals surface area contributed by atoms with Gasteiger partial charge in [0.2, 0.25) is 5.91 Å². The molecule has 1 saturated heterocycles. The van der Waals surface area contributed by atoms with Crippen LogP contribution < -0.4 is 10.6 Å². The van der Waals surface area contributed by atoms with Crippen LogP contribution in [0.2, 0.25) is 0 Å². The number of urea groups is 1. The highest BCUT2D eigenvalue weighted by atomic mass is 16.2. The van der Waals surface area contributed by atoms with Crippen LogP contribution in [0.1, 0.15) is 31.4 Å². The summed E-state index contributed by atoms with van der Waals surface area (Å²) in [5.41, 5.74) is 0.924. The maximum Gasteiger partial charge on any atom is 0.321 e. The highest BCUT2D eigenvalue weighted by Gasteiger charge is 2.31. The molecule has 5 heteroatoms. The molecule has 5 nitrogen and oxygen atoms in total. The average Bonchev–Trinajstić information content (AvgIpc) is 2.48. The molecule has 0 aromatic heterocycles. The number of likely N-dealkylation sites (tertiary alicyclic amines) is 1. The second-order valence-corrected chi connectivity index (χ2v) is 5.62. The first-order valence-electron chi connectivity index (χ1n) is 7.43. The molecule has 2 N–H and O–H groups in total. The van der Waals surface area contributed by atoms with Crippen molar-refractivity contribution in [1.29, 1.82) is 0 Å². The van der Waals surface area contributed by atoms with E-state index in [2.05, 4.69) is 22.5 Å². The number of hydrogen-bond acceptors (Lipinski definition) is 3. The molecule has 21 heavy (non-hydrogen) atoms. The fraction of sp³-hybridized carbons (Fsp3) is 0.500. The zero-order chi connectivity index (χ0) is 15.2. The van der Waals surface area contributed by atoms with Crippen molar-refractivity contribution in [3.05, 3.63) is 35.9 Å². The predicted molar refractivity (Wildman–Crippen MR) is 81.8 cm³/mol. The molecule has 1 aromatic rings. The van der Waals surface area contributed by atoms with Gasteiger partial charge in [0.05, 0.1) is 0 Å². The molecule has 3 amide bonds. The third-order valence-electron chi connectivity index (χ3n) is 3.88. The molecule has 2 atom stereocenters. The maximum absolute atomic E-state index is 12.5. The van der Waals surface area contributed by atoms with Crippen LogP contribution in [0.25, 0.3) is 0 Å². The Bertz CT molecular complexity index is 490. The SMILES string of the molecule is CNC(=O)NC(=O)[C@H](c1ccccc1)N1CCC[C@@H](C)C1. The van der Waals surface area contributed by atoms with E-state index in [0.29, 0.717) is 5.92 Å². The predicted octanol–water partition coefficient (Wildman–Crippen LogP) is 1.92. The number of benzene rings is 1. The van der Waals surface area contributed by atoms with Crippen molar-refractivity contribution in [2.45, 2.75) is 25.8 Å². The first kappa shape index (κ1) is 15.5. The molecule has 1 heterocycles. The van der Waals surface area contributed by atoms with Crippen molar-refractivity contribution in [2.75, 3.05) is 20.1 Å². The average molecular weight is 289 g/mol. The van der Waals surface area contributed by atoms with Crippen molar-refractivity contribution >= 4 is 11.9 Å². The topological polar surface area (TPSA) is 61.4 Å². The second kappa shape index (κ2) is 7.22. The lowest BCUT2D eigenvalue weighted by Crippen LogP contribution is -2.48. The molecule has 1 aliphatic heterocycles. The van der Waals surface area contributed by atoms with Crippen molar-refractivity contribution in [2.24, 2.45) is 5.92 Å². The van der Waals surface area contributed by atoms with E-state index in [9.17, 15) is 9.59 Å². The number of amides is 3. The summed E-state index contributed by atoms with van der Waals surface area (Å²) in [6.45, 7) is 3.96. The number of nitrogens with zero attached hydrogens (tertiary/aromatic N) is 1. The number of piperidine rings is 1. The molecule has 0 saturated carbocycles. The van der Waals surface area contributed by atoms with Crippen LogP contribution in [0.5, 0.6) is 0 Å². The summed E-state index contributed by atoms with van der Waals surface area (Å²) in [4.78, 5) is 26.1. The van der Waals surface area contributed by atoms with E-state index >= 15 is 0 Å². The van der Waals surface area contributed by atoms with Crippen LogP contribution in [0, 0.1) is 5.92 Å². The smallest absolute Gasteiger partial charge is 0.321 e. The van der Waals surface area contributed by atoms with Gasteiger partial charge in [0, 0.05) is 13.6 Å². The van der Waals surface area contributed by atoms with Gasteiger partial charge in [-0.05, 0) is 30.9 Å². The Morgan fingerprint density at radius 3 is 2.62 bits per heavy atom. The van der Waals surface area contributed by atoms with Crippen LogP contribution in [0.3, 0.4) is 0 Å². The van der Waals surface area contributed by atoms with Gasteiger partial charge in [0.25, 0.3) is 0 Å². The fourth-order valence-corrected chi connectivity index (χ4v) is 2.87. The highest BCUT2D eigenvalue weighted by molar-refractivity contribution is 5.97. The number of carbonyl (C=O) groups excluding carboxylic acids is 2. The largest absolute Gasteiger partial charge is 0.341 e. The third kappa shape index (κ3) is 4.04. The van der Waals surface area contributed by atoms with Crippen LogP contribution in [-0.4, -0.2) is 37.0 Å². The van der Waals surface area contributed by atoms with Crippen LogP contribution in [0.15, 0.2) is 30.3 Å². The van der Waals surface area contributed by atoms with E-state index in [4.69, 9.17) is 0 Å². The molecule has 1 fully saturated rings. The molecule has 1 aromatic carbocycles. The van der Waals surface area contributed by atoms with Gasteiger partial charge in [-0.25, -0.2) is 4.79 Å². The quantitative estimate of drug-likeness (QED) is 0.893. The summed E-state index contributed by atoms with van der Waals surface area (Å²) in [7, 11) is 1.50. The normalized spacial score (nSPS) is 20.6. The zero-order valence-electron chi connectivity index (χ0n) is 12.6. The molecular weight excluding hydrogens is 266 g/mol. The summed E-state index contributed by atoms with van der Waals surface area (Å²) in [5.74, 6) is 0.299. The summed E-state index contributed by atoms with van der Waals surface area (Å²) in [5, 5.41) is 4.83. The molecular formula is C16H23N3O2. The van der Waals surface area contributed by atoms with E-state index in [1.165, 1.54) is 13.5 Å². The van der Waals surface area contributed by atoms with Crippen molar-refractivity contribution in [1.82, 2.24) is 15.5 Å². The van der Waals surface area contributed by atoms with Gasteiger partial charge in [0.1, 0.15) is 6.04 Å². The van der Waals surface area contributed by atoms with E-state index in [1.807, 2.05) is 30.3 Å². The number of nitrogens with one attached hydrogen (secondary N) is 2. The summed E-state index contributed by atoms with van der Waals surface area (Å²) >= 11 is 0. The molecule has 0 radical (unpaired) electrons. The fourth-order valence-electron chi connectivity index (χ4n) is 2.87. The molecule has 0 spiro atoms. The standard InChI is InChI=1S/C16H23N3O2/c1-12-7-6-10-19(11-12)14(13-8-4-3-5-9-13)15(20)18-16(21)17-2/h3-5,8-9,12,14H,6-7,10-11H2,1-2H3,(H2,17,18,20,21)/t12-,14+/m1/s1. The Labute approximate surface area is 125 Å². The van der Waals surface area contributed by atoms with Gasteiger partial charge in [-0.1, -0.05) is 37.3 Å². The molecule has 0 unspecified atom stereocenters. The minimum absolute atomic E-state index is 0.269. The third-order valence-corrected chi connectivity index (χ3v) is 3.88. The summed E-state index contributed by atoms with van der Waals surface area (Å²) < 4.78 is 0. The molecule has 0 aliphatic carbocycles. The second-order valence-electron chi connectivity index (χ2n) is 5.62. The Kier molecular flexibility index (Phi) is 5.33. The zero-order valence-corrected chi connectivity index (χ0v) is 12.6. The molecule has 1 aliphatic rings. The number of carbonyl (C=O) groups is 2. The Morgan fingerprint density at radius 1 is 1.29 bits per heavy atom. The van der Waals surface area contributed by atoms with Gasteiger partial charge in [-0.2, -0.15) is 0 Å². The van der Waals surface area contributed by atoms with Crippen LogP contribution in [0.4, 0.5) is 4.79 Å². The number of imide groups is 1. The summed E-state index contributed by atoms with van der Waals surface area (Å²) in [6.07, 6.45) is 2.27. The maximum atomic E-state index is 12.5. The van der Waals surface area contributed by atoms with Crippen molar-refractivity contribution in [3.63, 3.8) is 0 Å². The highest BCUT2D eigenvalue weighted by Crippen LogP contribution is 2.27. The Balaban J connectivity index is 2.22. The lowest BCUT2D eigenvalue weighted by molar-refractivity contribution is -0.126. The Hall–Kier alpha value is -1.88. The van der Waals surface area contributed by atoms with E-state index < -0.39 is 12.1 Å². The first-order valence-corrected chi connectivity index (χ1v) is 7.43. The van der Waals surface area contributed by atoms with E-state index in [-0.39, 0.29) is 5.91 Å². The monoisotopic (exact) mass is 289 g/mol. The van der Waals surface area contributed by atoms with Crippen LogP contribution >= 0.6 is 0 Å². The van der Waals surface area contributed by atoms with Crippen molar-refractivity contribution in [3.8, 4) is 0 Å². The van der Waals surface area contributed by atoms with Gasteiger partial charge in [0.15, 0.2) is 0 Å². The van der Waals surface area contributed by atoms with Gasteiger partial charge in [-0.3, -0.25) is 15.0 Å². The molecule has 0 bridgehead atoms. The number of hydrogen-bond donors (Lipinski definition) is 2.